The third-order valence-corrected chi connectivity index (χ3v) is 4.89. The Balaban J connectivity index is -0.000000240. The van der Waals surface area contributed by atoms with Crippen LogP contribution in [0.1, 0.15) is 0 Å². The fraction of sp³-hybridized carbons (Fsp3) is 0. The van der Waals surface area contributed by atoms with Crippen molar-refractivity contribution in [2.45, 2.75) is 0 Å². The Hall–Kier alpha value is 1.25. The van der Waals surface area contributed by atoms with Crippen molar-refractivity contribution in [3.63, 3.8) is 0 Å². The van der Waals surface area contributed by atoms with Gasteiger partial charge >= 0.3 is 192 Å². The summed E-state index contributed by atoms with van der Waals surface area (Å²) in [6.45, 7) is 0. The quantitative estimate of drug-likeness (QED) is 0.397. The van der Waals surface area contributed by atoms with Crippen LogP contribution in [0, 0.1) is 61.4 Å². The van der Waals surface area contributed by atoms with Gasteiger partial charge in [0.2, 0.25) is 0 Å². The van der Waals surface area contributed by atoms with Crippen LogP contribution in [-0.2, 0) is 27.8 Å². The van der Waals surface area contributed by atoms with Crippen LogP contribution in [0.5, 0.6) is 0 Å². The Morgan fingerprint density at radius 1 is 0.500 bits per heavy atom. The van der Waals surface area contributed by atoms with Gasteiger partial charge in [-0.3, -0.25) is 0 Å². The summed E-state index contributed by atoms with van der Waals surface area (Å²) >= 11 is 0. The summed E-state index contributed by atoms with van der Waals surface area (Å²) in [4.78, 5) is 6.19. The maximum Gasteiger partial charge on any atom is 2.00 e. The molecule has 0 amide bonds. The molecule has 0 atom stereocenters. The molecule has 0 N–H and O–H groups in total. The number of rotatable bonds is 0. The SMILES string of the molecule is N#[C][Fe-4]([C]#N)([C]#N)([C]#N)([C]#N)[C]#N.[Cu+2].[K+].[K+]. The van der Waals surface area contributed by atoms with E-state index >= 15 is 0 Å². The molecule has 16 heavy (non-hydrogen) atoms. The van der Waals surface area contributed by atoms with E-state index in [-0.39, 0.29) is 120 Å². The van der Waals surface area contributed by atoms with Crippen LogP contribution in [0.4, 0.5) is 0 Å². The first-order valence-corrected chi connectivity index (χ1v) is 5.71. The smallest absolute Gasteiger partial charge is 1.00 e. The average Bonchev–Trinajstić information content (AvgIpc) is 2.26. The summed E-state index contributed by atoms with van der Waals surface area (Å²) in [5.41, 5.74) is 0. The molecule has 0 unspecified atom stereocenters. The fourth-order valence-corrected chi connectivity index (χ4v) is 1.09. The predicted octanol–water partition coefficient (Wildman–Crippen LogP) is -5.90. The third kappa shape index (κ3) is 3.17. The van der Waals surface area contributed by atoms with Crippen molar-refractivity contribution in [1.82, 2.24) is 0 Å². The molecular weight excluding hydrogens is 354 g/mol. The molecule has 0 aliphatic carbocycles. The summed E-state index contributed by atoms with van der Waals surface area (Å²) in [5.74, 6) is 0. The van der Waals surface area contributed by atoms with Crippen LogP contribution in [-0.4, -0.2) is 0 Å². The molecule has 75 valence electrons. The molecule has 6 nitrogen and oxygen atoms in total. The van der Waals surface area contributed by atoms with Crippen molar-refractivity contribution in [2.75, 3.05) is 0 Å². The van der Waals surface area contributed by atoms with Crippen LogP contribution >= 0.6 is 0 Å². The Morgan fingerprint density at radius 2 is 0.625 bits per heavy atom. The number of nitrogens with zero attached hydrogens (tertiary/aromatic N) is 6. The number of hydrogen-bond donors (Lipinski definition) is 0. The van der Waals surface area contributed by atoms with E-state index in [4.69, 9.17) is 31.6 Å². The number of hydrogen-bond acceptors (Lipinski definition) is 6. The average molecular weight is 354 g/mol. The molecular formula is C6CuFeK2N6. The van der Waals surface area contributed by atoms with Gasteiger partial charge in [0.1, 0.15) is 0 Å². The van der Waals surface area contributed by atoms with Gasteiger partial charge in [0, 0.05) is 0 Å². The third-order valence-electron chi connectivity index (χ3n) is 1.19. The van der Waals surface area contributed by atoms with Crippen LogP contribution in [0.15, 0.2) is 0 Å². The van der Waals surface area contributed by atoms with Crippen molar-refractivity contribution >= 4 is 0 Å². The summed E-state index contributed by atoms with van der Waals surface area (Å²) in [5, 5.41) is 51.5. The minimum absolute atomic E-state index is 0. The fourth-order valence-electron chi connectivity index (χ4n) is 0.265. The van der Waals surface area contributed by atoms with Gasteiger partial charge in [-0.15, -0.1) is 0 Å². The van der Waals surface area contributed by atoms with Crippen LogP contribution < -0.4 is 103 Å². The van der Waals surface area contributed by atoms with Crippen molar-refractivity contribution in [2.24, 2.45) is 0 Å². The normalized spacial score (nSPS) is 10.9. The van der Waals surface area contributed by atoms with E-state index in [1.54, 1.807) is 0 Å². The Morgan fingerprint density at radius 3 is 0.625 bits per heavy atom. The monoisotopic (exact) mass is 353 g/mol. The van der Waals surface area contributed by atoms with Crippen molar-refractivity contribution in [3.05, 3.63) is 0 Å². The van der Waals surface area contributed by atoms with Gasteiger partial charge in [0.25, 0.3) is 0 Å². The van der Waals surface area contributed by atoms with E-state index in [1.807, 2.05) is 0 Å². The molecule has 10 heteroatoms. The summed E-state index contributed by atoms with van der Waals surface area (Å²) in [6, 6.07) is 0. The maximum atomic E-state index is 8.58. The van der Waals surface area contributed by atoms with E-state index in [0.29, 0.717) is 0 Å². The van der Waals surface area contributed by atoms with Crippen LogP contribution in [0.3, 0.4) is 0 Å². The number of nitriles is 6. The Bertz CT molecular complexity index is 401. The standard InChI is InChI=1S/6CN.Cu.Fe.2K/c6*1-2;;;;/q;;;;;;+2;-4;2*+1. The first-order valence-electron chi connectivity index (χ1n) is 2.40. The maximum absolute atomic E-state index is 8.58. The van der Waals surface area contributed by atoms with Gasteiger partial charge in [0.05, 0.1) is 0 Å². The summed E-state index contributed by atoms with van der Waals surface area (Å²) in [6.07, 6.45) is 0. The zero-order valence-electron chi connectivity index (χ0n) is 8.34. The molecule has 0 aromatic heterocycles. The molecule has 0 fully saturated rings. The second-order valence-electron chi connectivity index (χ2n) is 1.80. The first kappa shape index (κ1) is 25.9. The van der Waals surface area contributed by atoms with E-state index < -0.39 is 10.7 Å². The molecule has 1 radical (unpaired) electrons. The van der Waals surface area contributed by atoms with Gasteiger partial charge in [-0.2, -0.15) is 0 Å². The Kier molecular flexibility index (Phi) is 12.4. The molecule has 0 saturated carbocycles. The van der Waals surface area contributed by atoms with Crippen molar-refractivity contribution in [1.29, 1.82) is 31.6 Å². The zero-order chi connectivity index (χ0) is 10.7. The minimum Gasteiger partial charge on any atom is 1.00 e. The van der Waals surface area contributed by atoms with E-state index in [1.165, 1.54) is 0 Å². The van der Waals surface area contributed by atoms with Crippen LogP contribution in [0.2, 0.25) is 0 Å². The van der Waals surface area contributed by atoms with Gasteiger partial charge in [-0.25, -0.2) is 0 Å². The first-order chi connectivity index (χ1) is 5.97. The van der Waals surface area contributed by atoms with E-state index in [9.17, 15) is 0 Å². The molecule has 0 aromatic rings. The Labute approximate surface area is 187 Å². The van der Waals surface area contributed by atoms with Crippen molar-refractivity contribution < 1.29 is 131 Å². The van der Waals surface area contributed by atoms with Gasteiger partial charge in [-0.1, -0.05) is 0 Å². The van der Waals surface area contributed by atoms with Gasteiger partial charge in [-0.05, 0) is 0 Å². The molecule has 0 bridgehead atoms. The van der Waals surface area contributed by atoms with Crippen LogP contribution in [0.25, 0.3) is 0 Å². The van der Waals surface area contributed by atoms with E-state index in [0.717, 1.165) is 29.8 Å². The predicted molar refractivity (Wildman–Crippen MR) is 33.7 cm³/mol. The molecule has 0 spiro atoms. The summed E-state index contributed by atoms with van der Waals surface area (Å²) < 4.78 is 0. The molecule has 0 heterocycles. The zero-order valence-corrected chi connectivity index (χ0v) is 16.6. The molecule has 0 aliphatic heterocycles. The molecule has 0 aromatic carbocycles. The van der Waals surface area contributed by atoms with Crippen molar-refractivity contribution in [3.8, 4) is 29.8 Å². The van der Waals surface area contributed by atoms with Gasteiger partial charge in [0.15, 0.2) is 0 Å². The molecule has 0 aliphatic rings. The molecule has 0 saturated heterocycles. The largest absolute Gasteiger partial charge is 2.00 e. The van der Waals surface area contributed by atoms with Gasteiger partial charge < -0.3 is 0 Å². The topological polar surface area (TPSA) is 143 Å². The second-order valence-corrected chi connectivity index (χ2v) is 7.42. The second kappa shape index (κ2) is 7.63. The minimum atomic E-state index is -6.17. The molecule has 0 rings (SSSR count). The summed E-state index contributed by atoms with van der Waals surface area (Å²) in [7, 11) is -6.17. The van der Waals surface area contributed by atoms with E-state index in [2.05, 4.69) is 0 Å².